The SMILES string of the molecule is CC1(C)OC(=O)N2C[C@H](c3ncn4ccncc34)CC[C@H]21. The zero-order valence-electron chi connectivity index (χ0n) is 12.2. The first-order chi connectivity index (χ1) is 10.1. The van der Waals surface area contributed by atoms with Gasteiger partial charge in [-0.15, -0.1) is 0 Å². The molecule has 0 unspecified atom stereocenters. The van der Waals surface area contributed by atoms with Gasteiger partial charge >= 0.3 is 6.09 Å². The van der Waals surface area contributed by atoms with E-state index in [1.165, 1.54) is 0 Å². The number of nitrogens with zero attached hydrogens (tertiary/aromatic N) is 4. The number of carbonyl (C=O) groups is 1. The number of amides is 1. The second-order valence-electron chi connectivity index (χ2n) is 6.41. The second-order valence-corrected chi connectivity index (χ2v) is 6.41. The maximum atomic E-state index is 12.1. The number of hydrogen-bond acceptors (Lipinski definition) is 4. The van der Waals surface area contributed by atoms with Gasteiger partial charge in [0.25, 0.3) is 0 Å². The standard InChI is InChI=1S/C15H18N4O2/c1-15(2)12-4-3-10(8-19(12)14(20)21-15)13-11-7-16-5-6-18(11)9-17-13/h5-7,9-10,12H,3-4,8H2,1-2H3/t10-,12+/m1/s1. The number of fused-ring (bicyclic) bond motifs is 2. The van der Waals surface area contributed by atoms with Crippen LogP contribution in [0.5, 0.6) is 0 Å². The van der Waals surface area contributed by atoms with Gasteiger partial charge in [0, 0.05) is 24.9 Å². The van der Waals surface area contributed by atoms with Gasteiger partial charge in [0.2, 0.25) is 0 Å². The van der Waals surface area contributed by atoms with Crippen LogP contribution in [0.2, 0.25) is 0 Å². The van der Waals surface area contributed by atoms with Crippen LogP contribution in [-0.4, -0.2) is 43.5 Å². The summed E-state index contributed by atoms with van der Waals surface area (Å²) in [5.41, 5.74) is 1.66. The van der Waals surface area contributed by atoms with E-state index in [9.17, 15) is 4.79 Å². The molecule has 0 N–H and O–H groups in total. The van der Waals surface area contributed by atoms with Crippen LogP contribution in [0.3, 0.4) is 0 Å². The van der Waals surface area contributed by atoms with Crippen molar-refractivity contribution < 1.29 is 9.53 Å². The highest BCUT2D eigenvalue weighted by atomic mass is 16.6. The number of imidazole rings is 1. The Hall–Kier alpha value is -2.11. The van der Waals surface area contributed by atoms with Crippen LogP contribution in [0, 0.1) is 0 Å². The molecule has 2 aromatic heterocycles. The minimum absolute atomic E-state index is 0.174. The lowest BCUT2D eigenvalue weighted by Crippen LogP contribution is -2.46. The number of hydrogen-bond donors (Lipinski definition) is 0. The molecule has 6 nitrogen and oxygen atoms in total. The molecular weight excluding hydrogens is 268 g/mol. The van der Waals surface area contributed by atoms with Crippen molar-refractivity contribution in [3.05, 3.63) is 30.6 Å². The Morgan fingerprint density at radius 3 is 3.10 bits per heavy atom. The molecule has 0 radical (unpaired) electrons. The highest BCUT2D eigenvalue weighted by Gasteiger charge is 2.50. The van der Waals surface area contributed by atoms with Gasteiger partial charge in [0.1, 0.15) is 5.60 Å². The third-order valence-corrected chi connectivity index (χ3v) is 4.73. The molecule has 2 saturated heterocycles. The zero-order valence-corrected chi connectivity index (χ0v) is 12.2. The molecule has 2 aliphatic rings. The summed E-state index contributed by atoms with van der Waals surface area (Å²) in [7, 11) is 0. The lowest BCUT2D eigenvalue weighted by atomic mass is 9.84. The van der Waals surface area contributed by atoms with Gasteiger partial charge in [-0.1, -0.05) is 0 Å². The van der Waals surface area contributed by atoms with E-state index in [0.717, 1.165) is 24.1 Å². The van der Waals surface area contributed by atoms with Gasteiger partial charge in [-0.2, -0.15) is 0 Å². The zero-order chi connectivity index (χ0) is 14.6. The summed E-state index contributed by atoms with van der Waals surface area (Å²) in [6.45, 7) is 4.66. The topological polar surface area (TPSA) is 59.7 Å². The van der Waals surface area contributed by atoms with Crippen LogP contribution < -0.4 is 0 Å². The Kier molecular flexibility index (Phi) is 2.52. The molecule has 0 aliphatic carbocycles. The Morgan fingerprint density at radius 1 is 1.38 bits per heavy atom. The van der Waals surface area contributed by atoms with Crippen molar-refractivity contribution in [3.8, 4) is 0 Å². The van der Waals surface area contributed by atoms with Gasteiger partial charge in [-0.3, -0.25) is 4.98 Å². The summed E-state index contributed by atoms with van der Waals surface area (Å²) < 4.78 is 7.47. The predicted octanol–water partition coefficient (Wildman–Crippen LogP) is 2.21. The molecule has 1 amide bonds. The van der Waals surface area contributed by atoms with Crippen LogP contribution in [0.15, 0.2) is 24.9 Å². The van der Waals surface area contributed by atoms with E-state index >= 15 is 0 Å². The maximum Gasteiger partial charge on any atom is 0.410 e. The van der Waals surface area contributed by atoms with E-state index in [1.807, 2.05) is 41.9 Å². The molecule has 2 aromatic rings. The van der Waals surface area contributed by atoms with Crippen molar-refractivity contribution in [1.82, 2.24) is 19.3 Å². The summed E-state index contributed by atoms with van der Waals surface area (Å²) in [6.07, 6.45) is 9.05. The van der Waals surface area contributed by atoms with E-state index in [0.29, 0.717) is 6.54 Å². The Labute approximate surface area is 122 Å². The third kappa shape index (κ3) is 1.81. The quantitative estimate of drug-likeness (QED) is 0.806. The van der Waals surface area contributed by atoms with Gasteiger partial charge in [-0.25, -0.2) is 9.78 Å². The molecule has 2 atom stereocenters. The van der Waals surface area contributed by atoms with Crippen molar-refractivity contribution in [2.75, 3.05) is 6.54 Å². The molecule has 6 heteroatoms. The van der Waals surface area contributed by atoms with E-state index in [1.54, 1.807) is 6.20 Å². The van der Waals surface area contributed by atoms with Crippen LogP contribution in [-0.2, 0) is 4.74 Å². The number of aromatic nitrogens is 3. The molecule has 0 aromatic carbocycles. The first-order valence-electron chi connectivity index (χ1n) is 7.32. The minimum Gasteiger partial charge on any atom is -0.441 e. The van der Waals surface area contributed by atoms with Crippen LogP contribution >= 0.6 is 0 Å². The van der Waals surface area contributed by atoms with E-state index in [2.05, 4.69) is 9.97 Å². The molecule has 0 saturated carbocycles. The highest BCUT2D eigenvalue weighted by Crippen LogP contribution is 2.40. The predicted molar refractivity (Wildman–Crippen MR) is 76.0 cm³/mol. The second kappa shape index (κ2) is 4.19. The summed E-state index contributed by atoms with van der Waals surface area (Å²) in [5, 5.41) is 0. The summed E-state index contributed by atoms with van der Waals surface area (Å²) in [5.74, 6) is 0.247. The first-order valence-corrected chi connectivity index (χ1v) is 7.32. The van der Waals surface area contributed by atoms with Crippen LogP contribution in [0.25, 0.3) is 5.52 Å². The van der Waals surface area contributed by atoms with Gasteiger partial charge in [-0.05, 0) is 26.7 Å². The normalized spacial score (nSPS) is 27.7. The fourth-order valence-corrected chi connectivity index (χ4v) is 3.65. The Balaban J connectivity index is 1.66. The lowest BCUT2D eigenvalue weighted by molar-refractivity contribution is 0.0614. The minimum atomic E-state index is -0.389. The van der Waals surface area contributed by atoms with E-state index in [-0.39, 0.29) is 23.7 Å². The van der Waals surface area contributed by atoms with Crippen molar-refractivity contribution in [2.45, 2.75) is 44.2 Å². The Morgan fingerprint density at radius 2 is 2.24 bits per heavy atom. The molecule has 4 heterocycles. The number of rotatable bonds is 1. The van der Waals surface area contributed by atoms with Crippen LogP contribution in [0.1, 0.15) is 38.3 Å². The van der Waals surface area contributed by atoms with Crippen LogP contribution in [0.4, 0.5) is 4.79 Å². The Bertz CT molecular complexity index is 709. The van der Waals surface area contributed by atoms with Crippen molar-refractivity contribution in [1.29, 1.82) is 0 Å². The highest BCUT2D eigenvalue weighted by molar-refractivity contribution is 5.72. The number of ether oxygens (including phenoxy) is 1. The molecule has 2 fully saturated rings. The first kappa shape index (κ1) is 12.6. The van der Waals surface area contributed by atoms with Gasteiger partial charge in [0.05, 0.1) is 29.8 Å². The average molecular weight is 286 g/mol. The summed E-state index contributed by atoms with van der Waals surface area (Å²) >= 11 is 0. The lowest BCUT2D eigenvalue weighted by Gasteiger charge is -2.36. The monoisotopic (exact) mass is 286 g/mol. The summed E-state index contributed by atoms with van der Waals surface area (Å²) in [4.78, 5) is 22.7. The van der Waals surface area contributed by atoms with Crippen molar-refractivity contribution >= 4 is 11.6 Å². The smallest absolute Gasteiger partial charge is 0.410 e. The third-order valence-electron chi connectivity index (χ3n) is 4.73. The fraction of sp³-hybridized carbons (Fsp3) is 0.533. The maximum absolute atomic E-state index is 12.1. The molecule has 4 rings (SSSR count). The molecule has 0 spiro atoms. The fourth-order valence-electron chi connectivity index (χ4n) is 3.65. The van der Waals surface area contributed by atoms with Gasteiger partial charge < -0.3 is 14.0 Å². The summed E-state index contributed by atoms with van der Waals surface area (Å²) in [6, 6.07) is 0.174. The largest absolute Gasteiger partial charge is 0.441 e. The molecule has 2 aliphatic heterocycles. The van der Waals surface area contributed by atoms with E-state index in [4.69, 9.17) is 4.74 Å². The molecule has 21 heavy (non-hydrogen) atoms. The van der Waals surface area contributed by atoms with E-state index < -0.39 is 0 Å². The molecule has 0 bridgehead atoms. The molecular formula is C15H18N4O2. The van der Waals surface area contributed by atoms with Crippen molar-refractivity contribution in [3.63, 3.8) is 0 Å². The van der Waals surface area contributed by atoms with Gasteiger partial charge in [0.15, 0.2) is 0 Å². The number of cyclic esters (lactones) is 1. The van der Waals surface area contributed by atoms with Crippen molar-refractivity contribution in [2.24, 2.45) is 0 Å². The average Bonchev–Trinajstić information content (AvgIpc) is 2.98. The number of carbonyl (C=O) groups excluding carboxylic acids is 1. The molecule has 110 valence electrons. The number of piperidine rings is 1.